The maximum absolute atomic E-state index is 12.7. The first-order valence-electron chi connectivity index (χ1n) is 10.9. The van der Waals surface area contributed by atoms with Gasteiger partial charge in [0.15, 0.2) is 0 Å². The Morgan fingerprint density at radius 3 is 2.33 bits per heavy atom. The van der Waals surface area contributed by atoms with Crippen molar-refractivity contribution < 1.29 is 17.9 Å². The van der Waals surface area contributed by atoms with Crippen molar-refractivity contribution in [2.24, 2.45) is 0 Å². The van der Waals surface area contributed by atoms with E-state index >= 15 is 0 Å². The number of amides is 1. The van der Waals surface area contributed by atoms with Crippen molar-refractivity contribution in [3.63, 3.8) is 0 Å². The van der Waals surface area contributed by atoms with Crippen LogP contribution in [0.5, 0.6) is 11.6 Å². The van der Waals surface area contributed by atoms with Crippen molar-refractivity contribution in [3.05, 3.63) is 77.5 Å². The van der Waals surface area contributed by atoms with Crippen LogP contribution in [0, 0.1) is 13.8 Å². The molecule has 1 heterocycles. The van der Waals surface area contributed by atoms with Crippen molar-refractivity contribution in [1.29, 1.82) is 0 Å². The van der Waals surface area contributed by atoms with Gasteiger partial charge in [-0.3, -0.25) is 9.52 Å². The Hall–Kier alpha value is -3.39. The Kier molecular flexibility index (Phi) is 6.65. The highest BCUT2D eigenvalue weighted by molar-refractivity contribution is 7.92. The molecule has 8 heteroatoms. The second-order valence-corrected chi connectivity index (χ2v) is 10.0. The van der Waals surface area contributed by atoms with E-state index in [-0.39, 0.29) is 16.8 Å². The van der Waals surface area contributed by atoms with Crippen LogP contribution in [0.4, 0.5) is 5.69 Å². The van der Waals surface area contributed by atoms with Crippen LogP contribution in [-0.2, 0) is 10.0 Å². The van der Waals surface area contributed by atoms with E-state index in [4.69, 9.17) is 4.74 Å². The fourth-order valence-electron chi connectivity index (χ4n) is 3.72. The zero-order valence-electron chi connectivity index (χ0n) is 18.7. The molecule has 0 bridgehead atoms. The number of hydrogen-bond donors (Lipinski definition) is 2. The number of rotatable bonds is 7. The molecular formula is C25H27N3O4S. The lowest BCUT2D eigenvalue weighted by atomic mass is 10.1. The topological polar surface area (TPSA) is 97.4 Å². The summed E-state index contributed by atoms with van der Waals surface area (Å²) < 4.78 is 33.6. The lowest BCUT2D eigenvalue weighted by molar-refractivity contribution is 0.0937. The molecule has 2 aromatic carbocycles. The number of sulfonamides is 1. The minimum absolute atomic E-state index is 0.124. The van der Waals surface area contributed by atoms with Crippen molar-refractivity contribution >= 4 is 21.6 Å². The van der Waals surface area contributed by atoms with Crippen LogP contribution in [0.1, 0.15) is 47.2 Å². The zero-order valence-corrected chi connectivity index (χ0v) is 19.5. The van der Waals surface area contributed by atoms with E-state index in [2.05, 4.69) is 15.0 Å². The number of nitrogens with one attached hydrogen (secondary N) is 2. The van der Waals surface area contributed by atoms with Crippen LogP contribution in [0.3, 0.4) is 0 Å². The Bertz CT molecular complexity index is 1230. The molecule has 4 rings (SSSR count). The van der Waals surface area contributed by atoms with E-state index < -0.39 is 10.0 Å². The third-order valence-corrected chi connectivity index (χ3v) is 7.19. The first-order valence-corrected chi connectivity index (χ1v) is 12.4. The number of benzene rings is 2. The van der Waals surface area contributed by atoms with E-state index in [1.165, 1.54) is 6.20 Å². The number of hydrogen-bond acceptors (Lipinski definition) is 5. The summed E-state index contributed by atoms with van der Waals surface area (Å²) in [5.41, 5.74) is 2.86. The SMILES string of the molecule is Cc1ccc(S(=O)(=O)Nc2ccc(Oc3ccc(C(=O)NC4CCCC4)cn3)cc2)cc1C. The molecule has 1 fully saturated rings. The number of carbonyl (C=O) groups excluding carboxylic acids is 1. The number of aryl methyl sites for hydroxylation is 2. The summed E-state index contributed by atoms with van der Waals surface area (Å²) in [6, 6.07) is 15.1. The maximum Gasteiger partial charge on any atom is 0.261 e. The molecule has 0 saturated heterocycles. The molecule has 1 aliphatic carbocycles. The second-order valence-electron chi connectivity index (χ2n) is 8.32. The first-order chi connectivity index (χ1) is 15.8. The number of nitrogens with zero attached hydrogens (tertiary/aromatic N) is 1. The average Bonchev–Trinajstić information content (AvgIpc) is 3.30. The lowest BCUT2D eigenvalue weighted by Crippen LogP contribution is -2.32. The van der Waals surface area contributed by atoms with Gasteiger partial charge in [-0.05, 0) is 80.3 Å². The van der Waals surface area contributed by atoms with Crippen LogP contribution >= 0.6 is 0 Å². The Morgan fingerprint density at radius 1 is 0.970 bits per heavy atom. The monoisotopic (exact) mass is 465 g/mol. The van der Waals surface area contributed by atoms with Gasteiger partial charge in [0, 0.05) is 24.0 Å². The van der Waals surface area contributed by atoms with Gasteiger partial charge in [-0.2, -0.15) is 0 Å². The van der Waals surface area contributed by atoms with E-state index in [0.29, 0.717) is 22.9 Å². The summed E-state index contributed by atoms with van der Waals surface area (Å²) in [6.07, 6.45) is 5.85. The van der Waals surface area contributed by atoms with Crippen molar-refractivity contribution in [3.8, 4) is 11.6 Å². The van der Waals surface area contributed by atoms with Gasteiger partial charge >= 0.3 is 0 Å². The largest absolute Gasteiger partial charge is 0.439 e. The van der Waals surface area contributed by atoms with Gasteiger partial charge in [-0.15, -0.1) is 0 Å². The third kappa shape index (κ3) is 5.70. The molecule has 2 N–H and O–H groups in total. The number of ether oxygens (including phenoxy) is 1. The number of aromatic nitrogens is 1. The van der Waals surface area contributed by atoms with Crippen molar-refractivity contribution in [1.82, 2.24) is 10.3 Å². The van der Waals surface area contributed by atoms with Gasteiger partial charge in [0.2, 0.25) is 5.88 Å². The van der Waals surface area contributed by atoms with E-state index in [1.54, 1.807) is 54.6 Å². The molecule has 0 atom stereocenters. The molecule has 3 aromatic rings. The van der Waals surface area contributed by atoms with Gasteiger partial charge in [0.25, 0.3) is 15.9 Å². The summed E-state index contributed by atoms with van der Waals surface area (Å²) in [4.78, 5) is 16.7. The molecule has 1 aliphatic rings. The number of pyridine rings is 1. The van der Waals surface area contributed by atoms with E-state index in [0.717, 1.165) is 36.8 Å². The minimum atomic E-state index is -3.69. The molecule has 0 radical (unpaired) electrons. The Balaban J connectivity index is 1.37. The van der Waals surface area contributed by atoms with Crippen LogP contribution in [0.2, 0.25) is 0 Å². The summed E-state index contributed by atoms with van der Waals surface area (Å²) in [7, 11) is -3.69. The maximum atomic E-state index is 12.7. The Labute approximate surface area is 194 Å². The molecule has 7 nitrogen and oxygen atoms in total. The number of anilines is 1. The van der Waals surface area contributed by atoms with Gasteiger partial charge in [0.05, 0.1) is 10.5 Å². The number of carbonyl (C=O) groups is 1. The van der Waals surface area contributed by atoms with Gasteiger partial charge in [-0.25, -0.2) is 13.4 Å². The summed E-state index contributed by atoms with van der Waals surface area (Å²) >= 11 is 0. The normalized spacial score (nSPS) is 14.1. The lowest BCUT2D eigenvalue weighted by Gasteiger charge is -2.12. The summed E-state index contributed by atoms with van der Waals surface area (Å²) in [6.45, 7) is 3.81. The summed E-state index contributed by atoms with van der Waals surface area (Å²) in [5, 5.41) is 3.03. The average molecular weight is 466 g/mol. The molecule has 0 aliphatic heterocycles. The molecule has 0 unspecified atom stereocenters. The molecule has 1 aromatic heterocycles. The fourth-order valence-corrected chi connectivity index (χ4v) is 4.86. The van der Waals surface area contributed by atoms with E-state index in [1.807, 2.05) is 13.8 Å². The molecule has 0 spiro atoms. The molecule has 1 amide bonds. The van der Waals surface area contributed by atoms with Crippen LogP contribution in [0.25, 0.3) is 0 Å². The van der Waals surface area contributed by atoms with Gasteiger partial charge in [-0.1, -0.05) is 18.9 Å². The van der Waals surface area contributed by atoms with Crippen molar-refractivity contribution in [2.75, 3.05) is 4.72 Å². The first kappa shape index (κ1) is 22.8. The summed E-state index contributed by atoms with van der Waals surface area (Å²) in [5.74, 6) is 0.719. The molecule has 172 valence electrons. The Morgan fingerprint density at radius 2 is 1.70 bits per heavy atom. The molecular weight excluding hydrogens is 438 g/mol. The van der Waals surface area contributed by atoms with Crippen molar-refractivity contribution in [2.45, 2.75) is 50.5 Å². The highest BCUT2D eigenvalue weighted by atomic mass is 32.2. The highest BCUT2D eigenvalue weighted by Crippen LogP contribution is 2.24. The standard InChI is InChI=1S/C25H27N3O4S/c1-17-7-13-23(15-18(17)2)33(30,31)28-21-9-11-22(12-10-21)32-24-14-8-19(16-26-24)25(29)27-20-5-3-4-6-20/h7-16,20,28H,3-6H2,1-2H3,(H,27,29). The predicted molar refractivity (Wildman–Crippen MR) is 127 cm³/mol. The van der Waals surface area contributed by atoms with Crippen LogP contribution in [0.15, 0.2) is 65.7 Å². The smallest absolute Gasteiger partial charge is 0.261 e. The second kappa shape index (κ2) is 9.62. The van der Waals surface area contributed by atoms with Gasteiger partial charge in [0.1, 0.15) is 5.75 Å². The highest BCUT2D eigenvalue weighted by Gasteiger charge is 2.18. The molecule has 1 saturated carbocycles. The zero-order chi connectivity index (χ0) is 23.4. The minimum Gasteiger partial charge on any atom is -0.439 e. The predicted octanol–water partition coefficient (Wildman–Crippen LogP) is 4.96. The molecule has 33 heavy (non-hydrogen) atoms. The quantitative estimate of drug-likeness (QED) is 0.514. The van der Waals surface area contributed by atoms with Crippen LogP contribution < -0.4 is 14.8 Å². The van der Waals surface area contributed by atoms with Gasteiger partial charge < -0.3 is 10.1 Å². The van der Waals surface area contributed by atoms with E-state index in [9.17, 15) is 13.2 Å². The fraction of sp³-hybridized carbons (Fsp3) is 0.280. The van der Waals surface area contributed by atoms with Crippen LogP contribution in [-0.4, -0.2) is 25.4 Å². The third-order valence-electron chi connectivity index (χ3n) is 5.81.